The van der Waals surface area contributed by atoms with Crippen LogP contribution in [0.1, 0.15) is 5.56 Å². The van der Waals surface area contributed by atoms with Gasteiger partial charge in [-0.1, -0.05) is 35.0 Å². The van der Waals surface area contributed by atoms with E-state index in [1.54, 1.807) is 24.3 Å². The lowest BCUT2D eigenvalue weighted by molar-refractivity contribution is -0.129. The van der Waals surface area contributed by atoms with Gasteiger partial charge < -0.3 is 9.94 Å². The second-order valence-electron chi connectivity index (χ2n) is 2.41. The van der Waals surface area contributed by atoms with Gasteiger partial charge in [-0.3, -0.25) is 0 Å². The summed E-state index contributed by atoms with van der Waals surface area (Å²) in [5, 5.41) is 12.5. The minimum absolute atomic E-state index is 0.210. The molecular weight excluding hydrogens is 206 g/mol. The van der Waals surface area contributed by atoms with Gasteiger partial charge in [-0.15, -0.1) is 0 Å². The molecule has 0 aliphatic heterocycles. The third-order valence-electron chi connectivity index (χ3n) is 1.51. The SMILES string of the molecule is CO/N=C(\C(=O)O)c1ccccc1Cl. The van der Waals surface area contributed by atoms with Gasteiger partial charge in [-0.05, 0) is 6.07 Å². The third-order valence-corrected chi connectivity index (χ3v) is 1.84. The number of hydrogen-bond donors (Lipinski definition) is 1. The van der Waals surface area contributed by atoms with Crippen LogP contribution in [-0.2, 0) is 9.63 Å². The third kappa shape index (κ3) is 2.23. The Labute approximate surface area is 85.7 Å². The number of rotatable bonds is 3. The van der Waals surface area contributed by atoms with Crippen molar-refractivity contribution in [2.45, 2.75) is 0 Å². The average molecular weight is 214 g/mol. The van der Waals surface area contributed by atoms with E-state index in [4.69, 9.17) is 16.7 Å². The fraction of sp³-hybridized carbons (Fsp3) is 0.111. The van der Waals surface area contributed by atoms with E-state index in [0.717, 1.165) is 0 Å². The van der Waals surface area contributed by atoms with Gasteiger partial charge in [0.2, 0.25) is 0 Å². The molecule has 1 aromatic rings. The molecule has 0 saturated carbocycles. The fourth-order valence-corrected chi connectivity index (χ4v) is 1.17. The summed E-state index contributed by atoms with van der Waals surface area (Å²) in [5.74, 6) is -1.18. The molecule has 1 rings (SSSR count). The summed E-state index contributed by atoms with van der Waals surface area (Å²) < 4.78 is 0. The van der Waals surface area contributed by atoms with Crippen LogP contribution >= 0.6 is 11.6 Å². The first-order chi connectivity index (χ1) is 6.66. The maximum atomic E-state index is 10.8. The Balaban J connectivity index is 3.19. The van der Waals surface area contributed by atoms with Gasteiger partial charge in [0.25, 0.3) is 0 Å². The summed E-state index contributed by atoms with van der Waals surface area (Å²) in [6.45, 7) is 0. The van der Waals surface area contributed by atoms with Gasteiger partial charge in [-0.25, -0.2) is 4.79 Å². The van der Waals surface area contributed by atoms with Gasteiger partial charge in [0.15, 0.2) is 5.71 Å². The van der Waals surface area contributed by atoms with Crippen LogP contribution in [0.5, 0.6) is 0 Å². The van der Waals surface area contributed by atoms with E-state index in [0.29, 0.717) is 10.6 Å². The van der Waals surface area contributed by atoms with Crippen LogP contribution in [0, 0.1) is 0 Å². The van der Waals surface area contributed by atoms with E-state index in [-0.39, 0.29) is 5.71 Å². The van der Waals surface area contributed by atoms with Crippen LogP contribution in [-0.4, -0.2) is 23.9 Å². The molecule has 0 amide bonds. The second-order valence-corrected chi connectivity index (χ2v) is 2.81. The quantitative estimate of drug-likeness (QED) is 0.615. The highest BCUT2D eigenvalue weighted by atomic mass is 35.5. The normalized spacial score (nSPS) is 11.1. The molecule has 14 heavy (non-hydrogen) atoms. The molecule has 0 aliphatic rings. The highest BCUT2D eigenvalue weighted by molar-refractivity contribution is 6.46. The van der Waals surface area contributed by atoms with Gasteiger partial charge in [0, 0.05) is 5.56 Å². The number of hydrogen-bond acceptors (Lipinski definition) is 3. The van der Waals surface area contributed by atoms with Crippen LogP contribution in [0.4, 0.5) is 0 Å². The Morgan fingerprint density at radius 2 is 2.14 bits per heavy atom. The van der Waals surface area contributed by atoms with Crippen molar-refractivity contribution in [3.63, 3.8) is 0 Å². The van der Waals surface area contributed by atoms with Crippen molar-refractivity contribution in [3.05, 3.63) is 34.9 Å². The zero-order valence-electron chi connectivity index (χ0n) is 7.40. The molecule has 0 bridgehead atoms. The Morgan fingerprint density at radius 1 is 1.50 bits per heavy atom. The molecule has 0 fully saturated rings. The Morgan fingerprint density at radius 3 is 2.64 bits per heavy atom. The van der Waals surface area contributed by atoms with E-state index in [1.165, 1.54) is 7.11 Å². The number of halogens is 1. The number of carboxylic acids is 1. The minimum Gasteiger partial charge on any atom is -0.476 e. The highest BCUT2D eigenvalue weighted by Crippen LogP contribution is 2.16. The molecular formula is C9H8ClNO3. The molecule has 0 saturated heterocycles. The monoisotopic (exact) mass is 213 g/mol. The smallest absolute Gasteiger partial charge is 0.358 e. The van der Waals surface area contributed by atoms with E-state index in [1.807, 2.05) is 0 Å². The van der Waals surface area contributed by atoms with Crippen LogP contribution < -0.4 is 0 Å². The van der Waals surface area contributed by atoms with Crippen LogP contribution in [0.25, 0.3) is 0 Å². The molecule has 74 valence electrons. The Hall–Kier alpha value is -1.55. The van der Waals surface area contributed by atoms with E-state index in [9.17, 15) is 4.79 Å². The van der Waals surface area contributed by atoms with Crippen molar-refractivity contribution in [2.75, 3.05) is 7.11 Å². The number of carbonyl (C=O) groups is 1. The minimum atomic E-state index is -1.18. The first-order valence-electron chi connectivity index (χ1n) is 3.76. The lowest BCUT2D eigenvalue weighted by Gasteiger charge is -2.02. The first-order valence-corrected chi connectivity index (χ1v) is 4.14. The van der Waals surface area contributed by atoms with E-state index >= 15 is 0 Å². The number of benzene rings is 1. The summed E-state index contributed by atoms with van der Waals surface area (Å²) in [4.78, 5) is 15.2. The van der Waals surface area contributed by atoms with Crippen molar-refractivity contribution >= 4 is 23.3 Å². The number of nitrogens with zero attached hydrogens (tertiary/aromatic N) is 1. The average Bonchev–Trinajstić information content (AvgIpc) is 2.15. The van der Waals surface area contributed by atoms with Crippen molar-refractivity contribution in [2.24, 2.45) is 5.16 Å². The highest BCUT2D eigenvalue weighted by Gasteiger charge is 2.15. The summed E-state index contributed by atoms with van der Waals surface area (Å²) in [6.07, 6.45) is 0. The topological polar surface area (TPSA) is 58.9 Å². The van der Waals surface area contributed by atoms with Gasteiger partial charge in [0.1, 0.15) is 7.11 Å². The van der Waals surface area contributed by atoms with Gasteiger partial charge in [0.05, 0.1) is 5.02 Å². The maximum Gasteiger partial charge on any atom is 0.358 e. The molecule has 0 atom stereocenters. The Kier molecular flexibility index (Phi) is 3.48. The van der Waals surface area contributed by atoms with E-state index < -0.39 is 5.97 Å². The molecule has 4 nitrogen and oxygen atoms in total. The van der Waals surface area contributed by atoms with Crippen LogP contribution in [0.2, 0.25) is 5.02 Å². The molecule has 0 spiro atoms. The largest absolute Gasteiger partial charge is 0.476 e. The molecule has 1 N–H and O–H groups in total. The van der Waals surface area contributed by atoms with Crippen molar-refractivity contribution in [1.82, 2.24) is 0 Å². The molecule has 5 heteroatoms. The summed E-state index contributed by atoms with van der Waals surface area (Å²) in [6, 6.07) is 6.53. The molecule has 1 aromatic carbocycles. The molecule has 0 aliphatic carbocycles. The standard InChI is InChI=1S/C9H8ClNO3/c1-14-11-8(9(12)13)6-4-2-3-5-7(6)10/h2-5H,1H3,(H,12,13)/b11-8-. The molecule has 0 heterocycles. The van der Waals surface area contributed by atoms with E-state index in [2.05, 4.69) is 9.99 Å². The summed E-state index contributed by atoms with van der Waals surface area (Å²) >= 11 is 5.80. The fourth-order valence-electron chi connectivity index (χ4n) is 0.948. The predicted molar refractivity (Wildman–Crippen MR) is 52.6 cm³/mol. The van der Waals surface area contributed by atoms with Crippen molar-refractivity contribution < 1.29 is 14.7 Å². The first kappa shape index (κ1) is 10.5. The van der Waals surface area contributed by atoms with Gasteiger partial charge >= 0.3 is 5.97 Å². The second kappa shape index (κ2) is 4.62. The zero-order chi connectivity index (χ0) is 10.6. The lowest BCUT2D eigenvalue weighted by atomic mass is 10.1. The predicted octanol–water partition coefficient (Wildman–Crippen LogP) is 1.78. The van der Waals surface area contributed by atoms with Crippen LogP contribution in [0.15, 0.2) is 29.4 Å². The number of carboxylic acid groups (broad SMARTS) is 1. The molecule has 0 radical (unpaired) electrons. The van der Waals surface area contributed by atoms with Gasteiger partial charge in [-0.2, -0.15) is 0 Å². The number of oxime groups is 1. The summed E-state index contributed by atoms with van der Waals surface area (Å²) in [7, 11) is 1.28. The van der Waals surface area contributed by atoms with Crippen molar-refractivity contribution in [3.8, 4) is 0 Å². The zero-order valence-corrected chi connectivity index (χ0v) is 8.15. The summed E-state index contributed by atoms with van der Waals surface area (Å²) in [5.41, 5.74) is 0.126. The van der Waals surface area contributed by atoms with Crippen molar-refractivity contribution in [1.29, 1.82) is 0 Å². The molecule has 0 unspecified atom stereocenters. The lowest BCUT2D eigenvalue weighted by Crippen LogP contribution is -2.15. The number of aliphatic carboxylic acids is 1. The maximum absolute atomic E-state index is 10.8. The Bertz CT molecular complexity index is 376. The molecule has 0 aromatic heterocycles. The van der Waals surface area contributed by atoms with Crippen LogP contribution in [0.3, 0.4) is 0 Å².